The van der Waals surface area contributed by atoms with Gasteiger partial charge >= 0.3 is 0 Å². The third-order valence-electron chi connectivity index (χ3n) is 4.58. The zero-order valence-electron chi connectivity index (χ0n) is 16.4. The van der Waals surface area contributed by atoms with Crippen LogP contribution in [0.3, 0.4) is 0 Å². The fraction of sp³-hybridized carbons (Fsp3) is 0.182. The number of nitrogens with one attached hydrogen (secondary N) is 1. The van der Waals surface area contributed by atoms with Crippen molar-refractivity contribution in [3.05, 3.63) is 72.6 Å². The average Bonchev–Trinajstić information content (AvgIpc) is 3.12. The molecule has 148 valence electrons. The summed E-state index contributed by atoms with van der Waals surface area (Å²) in [5.74, 6) is 0. The minimum Gasteiger partial charge on any atom is -0.280 e. The van der Waals surface area contributed by atoms with E-state index < -0.39 is 10.0 Å². The quantitative estimate of drug-likeness (QED) is 0.473. The highest BCUT2D eigenvalue weighted by atomic mass is 32.2. The average molecular weight is 424 g/mol. The first-order valence-corrected chi connectivity index (χ1v) is 11.5. The maximum absolute atomic E-state index is 12.8. The fourth-order valence-electron chi connectivity index (χ4n) is 2.97. The van der Waals surface area contributed by atoms with Crippen LogP contribution in [-0.2, 0) is 15.4 Å². The van der Waals surface area contributed by atoms with Crippen LogP contribution >= 0.6 is 11.3 Å². The fourth-order valence-corrected chi connectivity index (χ4v) is 4.95. The molecule has 0 aliphatic rings. The molecule has 1 N–H and O–H groups in total. The Bertz CT molecular complexity index is 1240. The molecule has 0 atom stereocenters. The van der Waals surface area contributed by atoms with Crippen molar-refractivity contribution in [3.8, 4) is 10.6 Å². The van der Waals surface area contributed by atoms with E-state index in [2.05, 4.69) is 35.5 Å². The molecule has 0 spiro atoms. The number of pyridine rings is 1. The highest BCUT2D eigenvalue weighted by molar-refractivity contribution is 7.92. The number of aromatic nitrogens is 2. The molecule has 0 aliphatic carbocycles. The van der Waals surface area contributed by atoms with E-state index in [-0.39, 0.29) is 10.3 Å². The van der Waals surface area contributed by atoms with Crippen molar-refractivity contribution < 1.29 is 8.42 Å². The molecular formula is C22H21N3O2S2. The van der Waals surface area contributed by atoms with Crippen LogP contribution in [-0.4, -0.2) is 18.4 Å². The Morgan fingerprint density at radius 2 is 1.76 bits per heavy atom. The van der Waals surface area contributed by atoms with Gasteiger partial charge in [0.15, 0.2) is 0 Å². The molecule has 2 aromatic heterocycles. The molecular weight excluding hydrogens is 402 g/mol. The van der Waals surface area contributed by atoms with E-state index in [9.17, 15) is 8.42 Å². The van der Waals surface area contributed by atoms with Crippen LogP contribution in [0.25, 0.3) is 20.8 Å². The number of hydrogen-bond donors (Lipinski definition) is 1. The van der Waals surface area contributed by atoms with Gasteiger partial charge in [-0.3, -0.25) is 9.71 Å². The molecule has 0 saturated heterocycles. The zero-order chi connectivity index (χ0) is 20.6. The maximum Gasteiger partial charge on any atom is 0.261 e. The summed E-state index contributed by atoms with van der Waals surface area (Å²) in [6, 6.07) is 16.1. The van der Waals surface area contributed by atoms with E-state index >= 15 is 0 Å². The van der Waals surface area contributed by atoms with Gasteiger partial charge in [0.05, 0.1) is 15.1 Å². The Kier molecular flexibility index (Phi) is 4.88. The number of fused-ring (bicyclic) bond motifs is 1. The molecule has 0 radical (unpaired) electrons. The largest absolute Gasteiger partial charge is 0.280 e. The molecule has 0 fully saturated rings. The van der Waals surface area contributed by atoms with Crippen molar-refractivity contribution in [2.24, 2.45) is 0 Å². The summed E-state index contributed by atoms with van der Waals surface area (Å²) in [6.45, 7) is 6.29. The summed E-state index contributed by atoms with van der Waals surface area (Å²) in [5, 5.41) is 0.823. The highest BCUT2D eigenvalue weighted by Gasteiger charge is 2.18. The predicted molar refractivity (Wildman–Crippen MR) is 119 cm³/mol. The zero-order valence-corrected chi connectivity index (χ0v) is 18.0. The highest BCUT2D eigenvalue weighted by Crippen LogP contribution is 2.31. The molecule has 0 saturated carbocycles. The number of rotatable bonds is 4. The smallest absolute Gasteiger partial charge is 0.261 e. The van der Waals surface area contributed by atoms with Gasteiger partial charge < -0.3 is 0 Å². The Hall–Kier alpha value is -2.77. The summed E-state index contributed by atoms with van der Waals surface area (Å²) in [5.41, 5.74) is 3.29. The normalized spacial score (nSPS) is 12.2. The van der Waals surface area contributed by atoms with Gasteiger partial charge in [0.2, 0.25) is 0 Å². The molecule has 2 heterocycles. The van der Waals surface area contributed by atoms with Crippen LogP contribution < -0.4 is 4.72 Å². The molecule has 0 bridgehead atoms. The van der Waals surface area contributed by atoms with Gasteiger partial charge in [0, 0.05) is 23.6 Å². The number of nitrogens with zero attached hydrogens (tertiary/aromatic N) is 2. The number of anilines is 1. The van der Waals surface area contributed by atoms with Crippen molar-refractivity contribution in [2.45, 2.75) is 31.1 Å². The van der Waals surface area contributed by atoms with Crippen molar-refractivity contribution in [1.82, 2.24) is 9.97 Å². The van der Waals surface area contributed by atoms with Crippen LogP contribution in [0, 0.1) is 0 Å². The second kappa shape index (κ2) is 7.24. The van der Waals surface area contributed by atoms with Crippen LogP contribution in [0.2, 0.25) is 0 Å². The molecule has 0 amide bonds. The molecule has 4 aromatic rings. The van der Waals surface area contributed by atoms with Crippen LogP contribution in [0.4, 0.5) is 5.69 Å². The van der Waals surface area contributed by atoms with Gasteiger partial charge in [0.25, 0.3) is 10.0 Å². The van der Waals surface area contributed by atoms with E-state index in [1.54, 1.807) is 36.7 Å². The van der Waals surface area contributed by atoms with Crippen LogP contribution in [0.15, 0.2) is 71.9 Å². The standard InChI is InChI=1S/C22H21N3O2S2/c1-22(2,3)16-7-9-18(10-8-16)29(26,27)25-17-6-4-5-15(13-17)21-24-19-11-12-23-14-20(19)28-21/h4-14,25H,1-3H3. The first-order chi connectivity index (χ1) is 13.7. The van der Waals surface area contributed by atoms with Gasteiger partial charge in [0.1, 0.15) is 5.01 Å². The minimum atomic E-state index is -3.68. The van der Waals surface area contributed by atoms with Crippen molar-refractivity contribution in [1.29, 1.82) is 0 Å². The lowest BCUT2D eigenvalue weighted by Crippen LogP contribution is -2.14. The van der Waals surface area contributed by atoms with Crippen molar-refractivity contribution >= 4 is 37.3 Å². The molecule has 4 rings (SSSR count). The van der Waals surface area contributed by atoms with E-state index in [0.29, 0.717) is 5.69 Å². The molecule has 7 heteroatoms. The first-order valence-electron chi connectivity index (χ1n) is 9.17. The Balaban J connectivity index is 1.61. The van der Waals surface area contributed by atoms with Gasteiger partial charge in [-0.15, -0.1) is 11.3 Å². The van der Waals surface area contributed by atoms with E-state index in [4.69, 9.17) is 0 Å². The number of benzene rings is 2. The van der Waals surface area contributed by atoms with E-state index in [0.717, 1.165) is 26.4 Å². The van der Waals surface area contributed by atoms with E-state index in [1.807, 2.05) is 30.3 Å². The third-order valence-corrected chi connectivity index (χ3v) is 7.04. The summed E-state index contributed by atoms with van der Waals surface area (Å²) >= 11 is 1.53. The number of thiazole rings is 1. The second-order valence-electron chi connectivity index (χ2n) is 7.82. The van der Waals surface area contributed by atoms with Crippen LogP contribution in [0.1, 0.15) is 26.3 Å². The van der Waals surface area contributed by atoms with Gasteiger partial charge in [-0.25, -0.2) is 13.4 Å². The summed E-state index contributed by atoms with van der Waals surface area (Å²) in [7, 11) is -3.68. The maximum atomic E-state index is 12.8. The molecule has 5 nitrogen and oxygen atoms in total. The SMILES string of the molecule is CC(C)(C)c1ccc(S(=O)(=O)Nc2cccc(-c3nc4ccncc4s3)c2)cc1. The lowest BCUT2D eigenvalue weighted by Gasteiger charge is -2.19. The Labute approximate surface area is 174 Å². The van der Waals surface area contributed by atoms with Crippen molar-refractivity contribution in [3.63, 3.8) is 0 Å². The number of hydrogen-bond acceptors (Lipinski definition) is 5. The number of sulfonamides is 1. The predicted octanol–water partition coefficient (Wildman–Crippen LogP) is 5.46. The van der Waals surface area contributed by atoms with Gasteiger partial charge in [-0.1, -0.05) is 45.0 Å². The summed E-state index contributed by atoms with van der Waals surface area (Å²) in [4.78, 5) is 8.97. The molecule has 0 aliphatic heterocycles. The minimum absolute atomic E-state index is 0.0309. The van der Waals surface area contributed by atoms with Gasteiger partial charge in [-0.2, -0.15) is 0 Å². The lowest BCUT2D eigenvalue weighted by atomic mass is 9.87. The Morgan fingerprint density at radius 1 is 1.00 bits per heavy atom. The second-order valence-corrected chi connectivity index (χ2v) is 10.5. The Morgan fingerprint density at radius 3 is 2.45 bits per heavy atom. The summed E-state index contributed by atoms with van der Waals surface area (Å²) < 4.78 is 29.3. The first kappa shape index (κ1) is 19.5. The monoisotopic (exact) mass is 423 g/mol. The molecule has 2 aromatic carbocycles. The topological polar surface area (TPSA) is 72.0 Å². The summed E-state index contributed by atoms with van der Waals surface area (Å²) in [6.07, 6.45) is 3.49. The van der Waals surface area contributed by atoms with Gasteiger partial charge in [-0.05, 0) is 41.3 Å². The van der Waals surface area contributed by atoms with E-state index in [1.165, 1.54) is 11.3 Å². The third kappa shape index (κ3) is 4.16. The molecule has 29 heavy (non-hydrogen) atoms. The lowest BCUT2D eigenvalue weighted by molar-refractivity contribution is 0.587. The van der Waals surface area contributed by atoms with Crippen LogP contribution in [0.5, 0.6) is 0 Å². The van der Waals surface area contributed by atoms with Crippen molar-refractivity contribution in [2.75, 3.05) is 4.72 Å². The molecule has 0 unspecified atom stereocenters.